The minimum atomic E-state index is -0.428. The summed E-state index contributed by atoms with van der Waals surface area (Å²) in [4.78, 5) is 24.5. The number of anilines is 3. The number of nitrogen functional groups attached to an aromatic ring is 1. The molecule has 2 heterocycles. The van der Waals surface area contributed by atoms with Crippen LogP contribution in [-0.2, 0) is 0 Å². The second kappa shape index (κ2) is 9.72. The summed E-state index contributed by atoms with van der Waals surface area (Å²) in [7, 11) is 0. The minimum Gasteiger partial charge on any atom is -0.424 e. The molecule has 10 heteroatoms. The summed E-state index contributed by atoms with van der Waals surface area (Å²) in [6, 6.07) is 13.8. The highest BCUT2D eigenvalue weighted by Gasteiger charge is 2.09. The number of nitrogens with two attached hydrogens (primary N) is 1. The van der Waals surface area contributed by atoms with E-state index in [9.17, 15) is 4.79 Å². The number of ether oxygens (including phenoxy) is 1. The van der Waals surface area contributed by atoms with E-state index in [1.54, 1.807) is 36.4 Å². The first-order valence-electron chi connectivity index (χ1n) is 9.73. The molecule has 0 aliphatic carbocycles. The Morgan fingerprint density at radius 2 is 1.64 bits per heavy atom. The third kappa shape index (κ3) is 5.68. The highest BCUT2D eigenvalue weighted by molar-refractivity contribution is 6.31. The predicted molar refractivity (Wildman–Crippen MR) is 130 cm³/mol. The van der Waals surface area contributed by atoms with Gasteiger partial charge in [-0.05, 0) is 54.4 Å². The number of carbonyl (C=O) groups excluding carboxylic acids is 1. The number of pyridine rings is 1. The first kappa shape index (κ1) is 22.3. The Balaban J connectivity index is 1.37. The van der Waals surface area contributed by atoms with Crippen molar-refractivity contribution in [1.82, 2.24) is 15.0 Å². The van der Waals surface area contributed by atoms with E-state index >= 15 is 0 Å². The van der Waals surface area contributed by atoms with E-state index in [-0.39, 0.29) is 6.01 Å². The van der Waals surface area contributed by atoms with Gasteiger partial charge in [0.25, 0.3) is 0 Å². The molecule has 0 fully saturated rings. The SMILES string of the molecule is Cc1cc(Cl)ccc1NC(=O)Nc1cnc(Oc2ccc(-c3cc(Cl)cnc3N)cc2)nc1. The molecule has 0 unspecified atom stereocenters. The number of amides is 2. The number of rotatable bonds is 5. The second-order valence-electron chi connectivity index (χ2n) is 7.01. The van der Waals surface area contributed by atoms with Crippen molar-refractivity contribution in [3.63, 3.8) is 0 Å². The fourth-order valence-electron chi connectivity index (χ4n) is 2.97. The van der Waals surface area contributed by atoms with Gasteiger partial charge in [-0.15, -0.1) is 0 Å². The normalized spacial score (nSPS) is 10.5. The van der Waals surface area contributed by atoms with Crippen LogP contribution in [-0.4, -0.2) is 21.0 Å². The summed E-state index contributed by atoms with van der Waals surface area (Å²) >= 11 is 11.9. The fraction of sp³-hybridized carbons (Fsp3) is 0.0435. The van der Waals surface area contributed by atoms with E-state index in [1.807, 2.05) is 19.1 Å². The van der Waals surface area contributed by atoms with Crippen molar-refractivity contribution >= 4 is 46.4 Å². The number of hydrogen-bond acceptors (Lipinski definition) is 6. The molecule has 4 N–H and O–H groups in total. The molecule has 2 amide bonds. The predicted octanol–water partition coefficient (Wildman–Crippen LogP) is 6.17. The van der Waals surface area contributed by atoms with E-state index in [0.29, 0.717) is 33.0 Å². The zero-order chi connectivity index (χ0) is 23.4. The Bertz CT molecular complexity index is 1300. The lowest BCUT2D eigenvalue weighted by molar-refractivity contribution is 0.262. The Labute approximate surface area is 199 Å². The third-order valence-corrected chi connectivity index (χ3v) is 5.02. The number of aryl methyl sites for hydroxylation is 1. The number of benzene rings is 2. The lowest BCUT2D eigenvalue weighted by atomic mass is 10.1. The average molecular weight is 481 g/mol. The maximum atomic E-state index is 12.2. The first-order chi connectivity index (χ1) is 15.9. The molecular formula is C23H18Cl2N6O2. The zero-order valence-electron chi connectivity index (χ0n) is 17.3. The molecule has 0 spiro atoms. The van der Waals surface area contributed by atoms with Crippen molar-refractivity contribution in [2.45, 2.75) is 6.92 Å². The average Bonchev–Trinajstić information content (AvgIpc) is 2.79. The Morgan fingerprint density at radius 3 is 2.33 bits per heavy atom. The highest BCUT2D eigenvalue weighted by atomic mass is 35.5. The van der Waals surface area contributed by atoms with Crippen LogP contribution in [0.2, 0.25) is 10.0 Å². The quantitative estimate of drug-likeness (QED) is 0.314. The van der Waals surface area contributed by atoms with Gasteiger partial charge >= 0.3 is 12.0 Å². The summed E-state index contributed by atoms with van der Waals surface area (Å²) < 4.78 is 5.67. The lowest BCUT2D eigenvalue weighted by Gasteiger charge is -2.10. The summed E-state index contributed by atoms with van der Waals surface area (Å²) in [5.74, 6) is 0.915. The smallest absolute Gasteiger partial charge is 0.323 e. The van der Waals surface area contributed by atoms with Gasteiger partial charge in [0.1, 0.15) is 11.6 Å². The van der Waals surface area contributed by atoms with Gasteiger partial charge in [-0.1, -0.05) is 35.3 Å². The Morgan fingerprint density at radius 1 is 0.909 bits per heavy atom. The van der Waals surface area contributed by atoms with Crippen molar-refractivity contribution in [1.29, 1.82) is 0 Å². The number of nitrogens with one attached hydrogen (secondary N) is 2. The topological polar surface area (TPSA) is 115 Å². The van der Waals surface area contributed by atoms with Gasteiger partial charge in [0.2, 0.25) is 0 Å². The molecule has 2 aromatic carbocycles. The van der Waals surface area contributed by atoms with Gasteiger partial charge in [-0.3, -0.25) is 0 Å². The van der Waals surface area contributed by atoms with E-state index in [4.69, 9.17) is 33.7 Å². The summed E-state index contributed by atoms with van der Waals surface area (Å²) in [5, 5.41) is 6.51. The summed E-state index contributed by atoms with van der Waals surface area (Å²) in [6.07, 6.45) is 4.39. The zero-order valence-corrected chi connectivity index (χ0v) is 18.9. The Hall–Kier alpha value is -3.88. The van der Waals surface area contributed by atoms with Crippen LogP contribution in [0.4, 0.5) is 22.0 Å². The van der Waals surface area contributed by atoms with Crippen molar-refractivity contribution in [3.8, 4) is 22.9 Å². The van der Waals surface area contributed by atoms with Crippen LogP contribution in [0.1, 0.15) is 5.56 Å². The van der Waals surface area contributed by atoms with Crippen LogP contribution >= 0.6 is 23.2 Å². The standard InChI is InChI=1S/C23H18Cl2N6O2/c1-13-8-15(24)4-7-20(13)31-22(32)30-17-11-28-23(29-12-17)33-18-5-2-14(3-6-18)19-9-16(25)10-27-21(19)26/h2-12H,1H3,(H2,26,27)(H2,30,31,32). The van der Waals surface area contributed by atoms with Crippen molar-refractivity contribution < 1.29 is 9.53 Å². The molecule has 166 valence electrons. The van der Waals surface area contributed by atoms with Gasteiger partial charge < -0.3 is 21.1 Å². The van der Waals surface area contributed by atoms with Crippen LogP contribution in [0.5, 0.6) is 11.8 Å². The van der Waals surface area contributed by atoms with Gasteiger partial charge in [0.05, 0.1) is 23.1 Å². The number of halogens is 2. The lowest BCUT2D eigenvalue weighted by Crippen LogP contribution is -2.20. The molecule has 0 aliphatic rings. The highest BCUT2D eigenvalue weighted by Crippen LogP contribution is 2.29. The van der Waals surface area contributed by atoms with Crippen LogP contribution in [0.25, 0.3) is 11.1 Å². The van der Waals surface area contributed by atoms with Crippen molar-refractivity contribution in [2.75, 3.05) is 16.4 Å². The van der Waals surface area contributed by atoms with Crippen molar-refractivity contribution in [2.24, 2.45) is 0 Å². The first-order valence-corrected chi connectivity index (χ1v) is 10.5. The van der Waals surface area contributed by atoms with Crippen LogP contribution in [0.15, 0.2) is 67.1 Å². The molecule has 33 heavy (non-hydrogen) atoms. The Kier molecular flexibility index (Phi) is 6.58. The molecule has 0 bridgehead atoms. The molecule has 2 aromatic heterocycles. The van der Waals surface area contributed by atoms with Crippen LogP contribution in [0.3, 0.4) is 0 Å². The van der Waals surface area contributed by atoms with E-state index in [2.05, 4.69) is 25.6 Å². The number of urea groups is 1. The minimum absolute atomic E-state index is 0.131. The van der Waals surface area contributed by atoms with Gasteiger partial charge in [-0.2, -0.15) is 0 Å². The van der Waals surface area contributed by atoms with Gasteiger partial charge in [0.15, 0.2) is 0 Å². The molecule has 8 nitrogen and oxygen atoms in total. The number of hydrogen-bond donors (Lipinski definition) is 3. The van der Waals surface area contributed by atoms with Gasteiger partial charge in [-0.25, -0.2) is 19.7 Å². The summed E-state index contributed by atoms with van der Waals surface area (Å²) in [6.45, 7) is 1.85. The molecule has 0 radical (unpaired) electrons. The van der Waals surface area contributed by atoms with E-state index < -0.39 is 6.03 Å². The number of aromatic nitrogens is 3. The number of nitrogens with zero attached hydrogens (tertiary/aromatic N) is 3. The third-order valence-electron chi connectivity index (χ3n) is 4.58. The molecular weight excluding hydrogens is 463 g/mol. The largest absolute Gasteiger partial charge is 0.424 e. The van der Waals surface area contributed by atoms with Gasteiger partial charge in [0, 0.05) is 22.5 Å². The monoisotopic (exact) mass is 480 g/mol. The molecule has 0 aliphatic heterocycles. The maximum Gasteiger partial charge on any atom is 0.323 e. The maximum absolute atomic E-state index is 12.2. The van der Waals surface area contributed by atoms with Crippen molar-refractivity contribution in [3.05, 3.63) is 82.7 Å². The molecule has 4 rings (SSSR count). The van der Waals surface area contributed by atoms with E-state index in [0.717, 1.165) is 16.7 Å². The number of carbonyl (C=O) groups is 1. The fourth-order valence-corrected chi connectivity index (χ4v) is 3.36. The van der Waals surface area contributed by atoms with Crippen LogP contribution in [0, 0.1) is 6.92 Å². The summed E-state index contributed by atoms with van der Waals surface area (Å²) in [5.41, 5.74) is 9.40. The molecule has 0 saturated carbocycles. The second-order valence-corrected chi connectivity index (χ2v) is 7.88. The molecule has 0 saturated heterocycles. The van der Waals surface area contributed by atoms with E-state index in [1.165, 1.54) is 18.6 Å². The van der Waals surface area contributed by atoms with Crippen LogP contribution < -0.4 is 21.1 Å². The molecule has 4 aromatic rings. The molecule has 0 atom stereocenters.